The smallest absolute Gasteiger partial charge is 0.247 e. The number of amides is 4. The summed E-state index contributed by atoms with van der Waals surface area (Å²) in [5.41, 5.74) is 11.1. The summed E-state index contributed by atoms with van der Waals surface area (Å²) in [6.45, 7) is 20.5. The highest BCUT2D eigenvalue weighted by molar-refractivity contribution is 6.05. The summed E-state index contributed by atoms with van der Waals surface area (Å²) in [4.78, 5) is 101. The maximum Gasteiger partial charge on any atom is 0.247 e. The van der Waals surface area contributed by atoms with E-state index in [1.807, 2.05) is 206 Å². The lowest BCUT2D eigenvalue weighted by Gasteiger charge is -2.26. The number of methoxy groups -OCH3 is 5. The second-order valence-corrected chi connectivity index (χ2v) is 35.2. The Morgan fingerprint density at radius 1 is 0.309 bits per heavy atom. The fourth-order valence-corrected chi connectivity index (χ4v) is 15.7. The molecule has 0 saturated carbocycles. The van der Waals surface area contributed by atoms with Crippen LogP contribution in [-0.4, -0.2) is 274 Å². The topological polar surface area (TPSA) is 359 Å². The maximum absolute atomic E-state index is 14.2. The molecule has 8 N–H and O–H groups in total. The molecule has 0 fully saturated rings. The van der Waals surface area contributed by atoms with Crippen molar-refractivity contribution in [2.45, 2.75) is 0 Å². The van der Waals surface area contributed by atoms with Crippen molar-refractivity contribution in [3.05, 3.63) is 288 Å². The Balaban J connectivity index is 0.000000166. The van der Waals surface area contributed by atoms with Crippen LogP contribution in [0.1, 0.15) is 0 Å². The summed E-state index contributed by atoms with van der Waals surface area (Å²) in [6.07, 6.45) is 18.8. The van der Waals surface area contributed by atoms with E-state index in [9.17, 15) is 32.3 Å². The molecule has 0 aliphatic carbocycles. The van der Waals surface area contributed by atoms with Crippen LogP contribution in [0.15, 0.2) is 270 Å². The minimum Gasteiger partial charge on any atom is -0.497 e. The van der Waals surface area contributed by atoms with Gasteiger partial charge < -0.3 is 124 Å². The highest BCUT2D eigenvalue weighted by Crippen LogP contribution is 2.44. The maximum atomic E-state index is 14.2. The minimum absolute atomic E-state index is 0.293. The number of likely N-dealkylation sites (N-methyl/N-ethyl adjacent to an activating group) is 8. The van der Waals surface area contributed by atoms with E-state index >= 15 is 0 Å². The average molecular weight is 2030 g/mol. The fourth-order valence-electron chi connectivity index (χ4n) is 15.7. The lowest BCUT2D eigenvalue weighted by molar-refractivity contribution is -0.112. The number of nitrogens with zero attached hydrogens (tertiary/aromatic N) is 20. The number of halogens is 3. The molecule has 8 aromatic carbocycles. The molecule has 0 bridgehead atoms. The number of anilines is 16. The number of fused-ring (bicyclic) bond motifs is 4. The summed E-state index contributed by atoms with van der Waals surface area (Å²) in [6, 6.07) is 49.2. The standard InChI is InChI=1S/C28H33N7O3.3C27H30FN7O2/c1-7-27(36)30-21-17-22(25(38-6)18-24(21)34(4)15-14-33(2)3)31-28-29-12-10-26(32-28)35-13-11-19-16-20(37-5)8-9-23(19)35;1-6-26(36)30-20-16-21(24(37-5)17-23(20)34(4)14-13-33(2)3)31-27-29-11-9-25(32-27)35-12-10-18-15-19(28)7-8-22(18)35;1-6-26(36)30-20-16-21(24(37-5)17-23(20)34(4)14-13-33(2)3)31-27-29-11-9-25(32-27)35-12-10-18-7-8-19(28)15-22(18)35;1-6-26(36)30-20-16-21(24(37-5)17-23(20)34(4)15-14-33(2)3)31-27-29-12-10-25(32-27)35-13-11-18-19(28)8-7-9-22(18)35/h7-13,16-18H,1,14-15H2,2-6H3,(H,30,36)(H,29,31,32);2*6-12,15-17H,1,13-14H2,2-5H3,(H,30,36)(H,29,31,32);6-13,16-17H,1,14-15H2,2-5H3,(H,30,36)(H,29,31,32). The van der Waals surface area contributed by atoms with Crippen molar-refractivity contribution < 1.29 is 56.0 Å². The van der Waals surface area contributed by atoms with Crippen LogP contribution >= 0.6 is 0 Å². The number of aromatic nitrogens is 12. The van der Waals surface area contributed by atoms with Gasteiger partial charge in [0.2, 0.25) is 47.4 Å². The van der Waals surface area contributed by atoms with E-state index in [0.29, 0.717) is 132 Å². The number of nitrogens with one attached hydrogen (secondary N) is 8. The Bertz CT molecular complexity index is 7350. The van der Waals surface area contributed by atoms with E-state index in [0.717, 1.165) is 108 Å². The van der Waals surface area contributed by atoms with E-state index in [1.54, 1.807) is 136 Å². The Morgan fingerprint density at radius 2 is 0.611 bits per heavy atom. The van der Waals surface area contributed by atoms with Gasteiger partial charge in [-0.3, -0.25) is 19.2 Å². The van der Waals surface area contributed by atoms with Crippen LogP contribution in [0.25, 0.3) is 66.9 Å². The lowest BCUT2D eigenvalue weighted by Crippen LogP contribution is -2.29. The molecule has 0 aliphatic heterocycles. The molecular formula is C109H123F3N28O9. The zero-order valence-corrected chi connectivity index (χ0v) is 86.3. The molecule has 0 aliphatic rings. The highest BCUT2D eigenvalue weighted by atomic mass is 19.1. The quantitative estimate of drug-likeness (QED) is 0.0165. The van der Waals surface area contributed by atoms with Crippen molar-refractivity contribution in [3.63, 3.8) is 0 Å². The van der Waals surface area contributed by atoms with Crippen molar-refractivity contribution in [3.8, 4) is 52.0 Å². The third-order valence-corrected chi connectivity index (χ3v) is 23.6. The Hall–Kier alpha value is -17.9. The van der Waals surface area contributed by atoms with Crippen LogP contribution in [0.2, 0.25) is 0 Å². The molecule has 16 aromatic rings. The van der Waals surface area contributed by atoms with E-state index in [4.69, 9.17) is 28.7 Å². The fraction of sp³-hybridized carbons (Fsp3) is 0.229. The molecule has 4 amide bonds. The summed E-state index contributed by atoms with van der Waals surface area (Å²) < 4.78 is 77.1. The van der Waals surface area contributed by atoms with Crippen LogP contribution in [0.3, 0.4) is 0 Å². The molecule has 0 saturated heterocycles. The lowest BCUT2D eigenvalue weighted by atomic mass is 10.2. The molecule has 40 heteroatoms. The molecular weight excluding hydrogens is 1900 g/mol. The molecule has 0 atom stereocenters. The van der Waals surface area contributed by atoms with Crippen LogP contribution in [0, 0.1) is 17.5 Å². The summed E-state index contributed by atoms with van der Waals surface area (Å²) >= 11 is 0. The molecule has 0 radical (unpaired) electrons. The van der Waals surface area contributed by atoms with Crippen LogP contribution in [0.4, 0.5) is 105 Å². The Kier molecular flexibility index (Phi) is 36.8. The van der Waals surface area contributed by atoms with Gasteiger partial charge in [0.15, 0.2) is 0 Å². The zero-order chi connectivity index (χ0) is 107. The first-order chi connectivity index (χ1) is 71.7. The predicted octanol–water partition coefficient (Wildman–Crippen LogP) is 17.6. The molecule has 16 rings (SSSR count). The zero-order valence-electron chi connectivity index (χ0n) is 86.3. The predicted molar refractivity (Wildman–Crippen MR) is 590 cm³/mol. The molecule has 8 aromatic heterocycles. The SMILES string of the molecule is C=CC(=O)Nc1cc(Nc2nccc(-n3ccc4c(F)cccc43)n2)c(OC)cc1N(C)CCN(C)C.C=CC(=O)Nc1cc(Nc2nccc(-n3ccc4cc(F)ccc43)n2)c(OC)cc1N(C)CCN(C)C.C=CC(=O)Nc1cc(Nc2nccc(-n3ccc4cc(OC)ccc43)n2)c(OC)cc1N(C)CCN(C)C.C=CC(=O)Nc1cc(Nc2nccc(-n3ccc4ccc(F)cc43)n2)c(OC)cc1N(C)CCN(C)C. The minimum atomic E-state index is -0.330. The van der Waals surface area contributed by atoms with E-state index in [-0.39, 0.29) is 41.1 Å². The largest absolute Gasteiger partial charge is 0.497 e. The van der Waals surface area contributed by atoms with Gasteiger partial charge in [-0.25, -0.2) is 33.1 Å². The Morgan fingerprint density at radius 3 is 0.940 bits per heavy atom. The van der Waals surface area contributed by atoms with Crippen LogP contribution in [-0.2, 0) is 19.2 Å². The molecule has 774 valence electrons. The van der Waals surface area contributed by atoms with Gasteiger partial charge in [0, 0.05) is 176 Å². The van der Waals surface area contributed by atoms with Crippen molar-refractivity contribution in [1.29, 1.82) is 0 Å². The second-order valence-electron chi connectivity index (χ2n) is 35.2. The molecule has 149 heavy (non-hydrogen) atoms. The molecule has 8 heterocycles. The second kappa shape index (κ2) is 50.6. The van der Waals surface area contributed by atoms with Gasteiger partial charge in [-0.2, -0.15) is 19.9 Å². The molecule has 0 unspecified atom stereocenters. The first kappa shape index (κ1) is 108. The average Bonchev–Trinajstić information content (AvgIpc) is 1.67. The summed E-state index contributed by atoms with van der Waals surface area (Å²) in [7, 11) is 31.9. The van der Waals surface area contributed by atoms with Gasteiger partial charge in [0.05, 0.1) is 126 Å². The number of hydrogen-bond acceptors (Lipinski definition) is 29. The van der Waals surface area contributed by atoms with E-state index < -0.39 is 0 Å². The van der Waals surface area contributed by atoms with Crippen molar-refractivity contribution in [2.24, 2.45) is 0 Å². The van der Waals surface area contributed by atoms with Gasteiger partial charge in [-0.15, -0.1) is 0 Å². The first-order valence-corrected chi connectivity index (χ1v) is 47.1. The normalized spacial score (nSPS) is 11.0. The van der Waals surface area contributed by atoms with E-state index in [1.165, 1.54) is 54.6 Å². The van der Waals surface area contributed by atoms with Gasteiger partial charge in [-0.05, 0) is 220 Å². The number of hydrogen-bond donors (Lipinski definition) is 8. The van der Waals surface area contributed by atoms with Gasteiger partial charge in [0.25, 0.3) is 0 Å². The number of carbonyl (C=O) groups excluding carboxylic acids is 4. The van der Waals surface area contributed by atoms with Gasteiger partial charge >= 0.3 is 0 Å². The number of rotatable bonds is 41. The van der Waals surface area contributed by atoms with E-state index in [2.05, 4.69) is 128 Å². The number of carbonyl (C=O) groups is 4. The third-order valence-electron chi connectivity index (χ3n) is 23.6. The van der Waals surface area contributed by atoms with Gasteiger partial charge in [-0.1, -0.05) is 32.4 Å². The first-order valence-electron chi connectivity index (χ1n) is 47.1. The van der Waals surface area contributed by atoms with Crippen molar-refractivity contribution in [1.82, 2.24) is 77.7 Å². The highest BCUT2D eigenvalue weighted by Gasteiger charge is 2.25. The monoisotopic (exact) mass is 2020 g/mol. The summed E-state index contributed by atoms with van der Waals surface area (Å²) in [5, 5.41) is 27.6. The summed E-state index contributed by atoms with van der Waals surface area (Å²) in [5.74, 6) is 4.59. The van der Waals surface area contributed by atoms with Crippen LogP contribution < -0.4 is 85.8 Å². The molecule has 37 nitrogen and oxygen atoms in total. The van der Waals surface area contributed by atoms with Gasteiger partial charge in [0.1, 0.15) is 69.5 Å². The molecule has 0 spiro atoms. The third kappa shape index (κ3) is 27.8. The van der Waals surface area contributed by atoms with Crippen molar-refractivity contribution >= 4 is 159 Å². The number of ether oxygens (including phenoxy) is 5. The van der Waals surface area contributed by atoms with Crippen LogP contribution in [0.5, 0.6) is 28.7 Å². The van der Waals surface area contributed by atoms with Crippen molar-refractivity contribution in [2.75, 3.05) is 235 Å². The Labute approximate surface area is 862 Å². The number of benzene rings is 8.